The number of aryl methyl sites for hydroxylation is 2. The molecule has 0 spiro atoms. The Morgan fingerprint density at radius 3 is 2.13 bits per heavy atom. The fourth-order valence-electron chi connectivity index (χ4n) is 1.14. The van der Waals surface area contributed by atoms with Crippen LogP contribution in [0.25, 0.3) is 0 Å². The molecule has 0 radical (unpaired) electrons. The minimum absolute atomic E-state index is 0.397. The van der Waals surface area contributed by atoms with Gasteiger partial charge in [0, 0.05) is 6.54 Å². The maximum absolute atomic E-state index is 6.04. The third kappa shape index (κ3) is 2.47. The van der Waals surface area contributed by atoms with Gasteiger partial charge in [-0.05, 0) is 13.8 Å². The first-order valence-electron chi connectivity index (χ1n) is 4.07. The molecule has 0 aliphatic heterocycles. The van der Waals surface area contributed by atoms with E-state index in [2.05, 4.69) is 10.3 Å². The lowest BCUT2D eigenvalue weighted by atomic mass is 10.2. The third-order valence-electron chi connectivity index (χ3n) is 1.86. The highest BCUT2D eigenvalue weighted by atomic mass is 35.6. The van der Waals surface area contributed by atoms with Gasteiger partial charge in [0.2, 0.25) is 8.13 Å². The van der Waals surface area contributed by atoms with Gasteiger partial charge in [-0.15, -0.1) is 5.10 Å². The highest BCUT2D eigenvalue weighted by Gasteiger charge is 2.50. The van der Waals surface area contributed by atoms with Gasteiger partial charge < -0.3 is 0 Å². The van der Waals surface area contributed by atoms with E-state index in [1.165, 1.54) is 4.68 Å². The molecule has 1 rings (SSSR count). The summed E-state index contributed by atoms with van der Waals surface area (Å²) in [5.41, 5.74) is 0.932. The predicted octanol–water partition coefficient (Wildman–Crippen LogP) is 3.61. The van der Waals surface area contributed by atoms with Crippen LogP contribution in [0.15, 0.2) is 0 Å². The quantitative estimate of drug-likeness (QED) is 0.781. The Morgan fingerprint density at radius 2 is 1.73 bits per heavy atom. The van der Waals surface area contributed by atoms with Crippen LogP contribution in [0.3, 0.4) is 0 Å². The highest BCUT2D eigenvalue weighted by molar-refractivity contribution is 6.75. The number of hydrogen-bond donors (Lipinski definition) is 0. The van der Waals surface area contributed by atoms with Gasteiger partial charge in [0.25, 0.3) is 0 Å². The summed E-state index contributed by atoms with van der Waals surface area (Å²) >= 11 is 29.2. The molecule has 0 atom stereocenters. The number of rotatable bonds is 2. The molecule has 86 valence electrons. The average molecular weight is 311 g/mol. The minimum atomic E-state index is -1.85. The molecule has 0 saturated heterocycles. The molecule has 15 heavy (non-hydrogen) atoms. The van der Waals surface area contributed by atoms with Crippen LogP contribution in [0.4, 0.5) is 0 Å². The molecule has 0 unspecified atom stereocenters. The van der Waals surface area contributed by atoms with Gasteiger partial charge in [0.1, 0.15) is 5.69 Å². The van der Waals surface area contributed by atoms with Gasteiger partial charge in [-0.1, -0.05) is 63.2 Å². The molecule has 1 heterocycles. The van der Waals surface area contributed by atoms with Crippen molar-refractivity contribution in [3.8, 4) is 0 Å². The van der Waals surface area contributed by atoms with E-state index in [1.54, 1.807) is 6.92 Å². The van der Waals surface area contributed by atoms with Crippen LogP contribution in [0.1, 0.15) is 18.3 Å². The molecule has 1 aromatic heterocycles. The van der Waals surface area contributed by atoms with Crippen molar-refractivity contribution >= 4 is 58.0 Å². The summed E-state index contributed by atoms with van der Waals surface area (Å²) in [6, 6.07) is 0. The molecule has 0 aliphatic carbocycles. The summed E-state index contributed by atoms with van der Waals surface area (Å²) < 4.78 is -2.03. The van der Waals surface area contributed by atoms with Gasteiger partial charge in [-0.25, -0.2) is 4.68 Å². The predicted molar refractivity (Wildman–Crippen MR) is 64.1 cm³/mol. The van der Waals surface area contributed by atoms with E-state index in [1.807, 2.05) is 6.92 Å². The number of nitrogens with zero attached hydrogens (tertiary/aromatic N) is 3. The van der Waals surface area contributed by atoms with Crippen molar-refractivity contribution in [1.29, 1.82) is 0 Å². The Labute approximate surface area is 113 Å². The van der Waals surface area contributed by atoms with Crippen molar-refractivity contribution in [2.45, 2.75) is 28.5 Å². The minimum Gasteiger partial charge on any atom is -0.246 e. The maximum Gasteiger partial charge on any atom is 0.228 e. The van der Waals surface area contributed by atoms with Crippen molar-refractivity contribution in [3.05, 3.63) is 11.4 Å². The second kappa shape index (κ2) is 4.46. The molecule has 0 saturated carbocycles. The number of aromatic nitrogens is 3. The van der Waals surface area contributed by atoms with Crippen molar-refractivity contribution in [3.63, 3.8) is 0 Å². The molecular weight excluding hydrogens is 303 g/mol. The molecule has 0 aromatic carbocycles. The Hall–Kier alpha value is 0.590. The van der Waals surface area contributed by atoms with Crippen LogP contribution in [-0.4, -0.2) is 18.8 Å². The second-order valence-corrected chi connectivity index (χ2v) is 6.52. The van der Waals surface area contributed by atoms with E-state index >= 15 is 0 Å². The zero-order valence-electron chi connectivity index (χ0n) is 7.94. The monoisotopic (exact) mass is 309 g/mol. The largest absolute Gasteiger partial charge is 0.246 e. The van der Waals surface area contributed by atoms with E-state index < -0.39 is 8.13 Å². The maximum atomic E-state index is 6.04. The van der Waals surface area contributed by atoms with E-state index in [0.717, 1.165) is 0 Å². The topological polar surface area (TPSA) is 30.7 Å². The van der Waals surface area contributed by atoms with Crippen LogP contribution < -0.4 is 0 Å². The molecule has 0 bridgehead atoms. The Morgan fingerprint density at radius 1 is 1.20 bits per heavy atom. The zero-order chi connectivity index (χ0) is 11.9. The average Bonchev–Trinajstić information content (AvgIpc) is 2.44. The summed E-state index contributed by atoms with van der Waals surface area (Å²) in [5, 5.41) is 7.67. The van der Waals surface area contributed by atoms with Crippen LogP contribution in [0.2, 0.25) is 0 Å². The van der Waals surface area contributed by atoms with E-state index in [9.17, 15) is 0 Å². The SMILES string of the molecule is CCn1nnc(C)c1C(Cl)(Cl)C(Cl)(Cl)Cl. The Balaban J connectivity index is 3.31. The van der Waals surface area contributed by atoms with E-state index in [4.69, 9.17) is 58.0 Å². The molecule has 1 aromatic rings. The highest BCUT2D eigenvalue weighted by Crippen LogP contribution is 2.53. The first-order chi connectivity index (χ1) is 6.71. The lowest BCUT2D eigenvalue weighted by molar-refractivity contribution is 0.581. The van der Waals surface area contributed by atoms with Crippen LogP contribution in [0, 0.1) is 6.92 Å². The van der Waals surface area contributed by atoms with Gasteiger partial charge in [0.05, 0.1) is 5.69 Å². The number of alkyl halides is 5. The molecule has 0 amide bonds. The lowest BCUT2D eigenvalue weighted by Gasteiger charge is -2.27. The van der Waals surface area contributed by atoms with Crippen molar-refractivity contribution in [1.82, 2.24) is 15.0 Å². The molecule has 0 fully saturated rings. The Bertz CT molecular complexity index is 354. The first kappa shape index (κ1) is 13.7. The van der Waals surface area contributed by atoms with Gasteiger partial charge in [0.15, 0.2) is 0 Å². The van der Waals surface area contributed by atoms with Crippen molar-refractivity contribution in [2.75, 3.05) is 0 Å². The number of hydrogen-bond acceptors (Lipinski definition) is 2. The van der Waals surface area contributed by atoms with Crippen LogP contribution in [-0.2, 0) is 10.9 Å². The summed E-state index contributed by atoms with van der Waals surface area (Å²) in [5.74, 6) is 0. The first-order valence-corrected chi connectivity index (χ1v) is 5.96. The molecule has 8 heteroatoms. The molecule has 3 nitrogen and oxygen atoms in total. The van der Waals surface area contributed by atoms with Gasteiger partial charge >= 0.3 is 0 Å². The zero-order valence-corrected chi connectivity index (χ0v) is 11.7. The fraction of sp³-hybridized carbons (Fsp3) is 0.714. The lowest BCUT2D eigenvalue weighted by Crippen LogP contribution is -2.32. The van der Waals surface area contributed by atoms with Crippen LogP contribution >= 0.6 is 58.0 Å². The molecule has 0 aliphatic rings. The van der Waals surface area contributed by atoms with Crippen molar-refractivity contribution in [2.24, 2.45) is 0 Å². The standard InChI is InChI=1S/C7H8Cl5N3/c1-3-15-5(4(2)13-14-15)6(8,9)7(10,11)12/h3H2,1-2H3. The number of halogens is 5. The van der Waals surface area contributed by atoms with Gasteiger partial charge in [-0.3, -0.25) is 0 Å². The smallest absolute Gasteiger partial charge is 0.228 e. The fourth-order valence-corrected chi connectivity index (χ4v) is 1.88. The van der Waals surface area contributed by atoms with Gasteiger partial charge in [-0.2, -0.15) is 0 Å². The normalized spacial score (nSPS) is 13.3. The molecule has 0 N–H and O–H groups in total. The summed E-state index contributed by atoms with van der Waals surface area (Å²) in [6.07, 6.45) is 0. The summed E-state index contributed by atoms with van der Waals surface area (Å²) in [6.45, 7) is 4.10. The Kier molecular flexibility index (Phi) is 4.06. The second-order valence-electron chi connectivity index (χ2n) is 2.91. The third-order valence-corrected chi connectivity index (χ3v) is 4.21. The van der Waals surface area contributed by atoms with E-state index in [-0.39, 0.29) is 0 Å². The molecular formula is C7H8Cl5N3. The van der Waals surface area contributed by atoms with Crippen molar-refractivity contribution < 1.29 is 0 Å². The van der Waals surface area contributed by atoms with Crippen LogP contribution in [0.5, 0.6) is 0 Å². The summed E-state index contributed by atoms with van der Waals surface area (Å²) in [7, 11) is 0. The summed E-state index contributed by atoms with van der Waals surface area (Å²) in [4.78, 5) is 0. The van der Waals surface area contributed by atoms with E-state index in [0.29, 0.717) is 17.9 Å².